The fourth-order valence-corrected chi connectivity index (χ4v) is 5.09. The van der Waals surface area contributed by atoms with Crippen molar-refractivity contribution in [2.45, 2.75) is 120 Å². The van der Waals surface area contributed by atoms with Gasteiger partial charge in [-0.05, 0) is 62.5 Å². The maximum Gasteiger partial charge on any atom is 0.316 e. The van der Waals surface area contributed by atoms with Crippen LogP contribution in [0, 0.1) is 38.0 Å². The van der Waals surface area contributed by atoms with E-state index in [-0.39, 0.29) is 23.1 Å². The summed E-state index contributed by atoms with van der Waals surface area (Å²) in [6.07, 6.45) is 11.1. The zero-order valence-corrected chi connectivity index (χ0v) is 25.3. The average Bonchev–Trinajstić information content (AvgIpc) is 2.75. The Morgan fingerprint density at radius 1 is 0.886 bits per heavy atom. The van der Waals surface area contributed by atoms with Gasteiger partial charge in [0.05, 0.1) is 15.7 Å². The Morgan fingerprint density at radius 2 is 1.37 bits per heavy atom. The van der Waals surface area contributed by atoms with Crippen LogP contribution < -0.4 is 0 Å². The number of hydrogen-bond acceptors (Lipinski definition) is 4. The highest BCUT2D eigenvalue weighted by molar-refractivity contribution is 7.00. The molecule has 0 bridgehead atoms. The lowest BCUT2D eigenvalue weighted by atomic mass is 9.79. The Kier molecular flexibility index (Phi) is 17.2. The second kappa shape index (κ2) is 17.9. The van der Waals surface area contributed by atoms with Crippen LogP contribution in [-0.2, 0) is 14.1 Å². The number of esters is 1. The molecule has 3 atom stereocenters. The minimum absolute atomic E-state index is 0.0771. The molecule has 0 aromatic heterocycles. The van der Waals surface area contributed by atoms with Crippen LogP contribution in [0.5, 0.6) is 0 Å². The summed E-state index contributed by atoms with van der Waals surface area (Å²) >= 11 is 0. The quantitative estimate of drug-likeness (QED) is 0.0783. The Hall–Kier alpha value is -1.41. The van der Waals surface area contributed by atoms with E-state index in [0.29, 0.717) is 27.7 Å². The fraction of sp³-hybridized carbons (Fsp3) is 0.733. The summed E-state index contributed by atoms with van der Waals surface area (Å²) in [4.78, 5) is 26.7. The number of ketones is 1. The molecular formula is C30H53O4P. The van der Waals surface area contributed by atoms with Gasteiger partial charge in [-0.15, -0.1) is 0 Å². The third kappa shape index (κ3) is 14.0. The maximum atomic E-state index is 13.6. The molecule has 1 aromatic rings. The maximum absolute atomic E-state index is 13.6. The van der Waals surface area contributed by atoms with E-state index in [9.17, 15) is 9.59 Å². The van der Waals surface area contributed by atoms with E-state index >= 15 is 0 Å². The first kappa shape index (κ1) is 33.6. The lowest BCUT2D eigenvalue weighted by Gasteiger charge is -2.26. The summed E-state index contributed by atoms with van der Waals surface area (Å²) < 4.78 is 13.9. The van der Waals surface area contributed by atoms with E-state index in [2.05, 4.69) is 34.6 Å². The van der Waals surface area contributed by atoms with E-state index in [1.54, 1.807) is 0 Å². The van der Waals surface area contributed by atoms with E-state index in [4.69, 9.17) is 9.30 Å². The van der Waals surface area contributed by atoms with Gasteiger partial charge in [0.25, 0.3) is 0 Å². The molecule has 3 unspecified atom stereocenters. The van der Waals surface area contributed by atoms with Crippen LogP contribution in [0.25, 0.3) is 0 Å². The Labute approximate surface area is 217 Å². The van der Waals surface area contributed by atoms with Crippen LogP contribution in [0.4, 0.5) is 0 Å². The third-order valence-corrected chi connectivity index (χ3v) is 6.37. The summed E-state index contributed by atoms with van der Waals surface area (Å²) in [5.74, 6) is -0.882. The molecule has 0 aliphatic rings. The van der Waals surface area contributed by atoms with Crippen LogP contribution in [0.2, 0.25) is 0 Å². The summed E-state index contributed by atoms with van der Waals surface area (Å²) in [5.41, 5.74) is 3.88. The molecule has 0 radical (unpaired) electrons. The van der Waals surface area contributed by atoms with Crippen molar-refractivity contribution >= 4 is 20.9 Å². The fourth-order valence-electron chi connectivity index (χ4n) is 5.09. The first-order valence-electron chi connectivity index (χ1n) is 13.5. The molecule has 35 heavy (non-hydrogen) atoms. The molecule has 1 aromatic carbocycles. The van der Waals surface area contributed by atoms with Crippen molar-refractivity contribution in [1.29, 1.82) is 0 Å². The van der Waals surface area contributed by atoms with Crippen molar-refractivity contribution in [1.82, 2.24) is 0 Å². The van der Waals surface area contributed by atoms with Crippen molar-refractivity contribution in [2.24, 2.45) is 17.3 Å². The molecule has 0 aliphatic carbocycles. The predicted molar refractivity (Wildman–Crippen MR) is 152 cm³/mol. The first-order chi connectivity index (χ1) is 16.5. The average molecular weight is 509 g/mol. The van der Waals surface area contributed by atoms with Gasteiger partial charge in [0.15, 0.2) is 5.78 Å². The summed E-state index contributed by atoms with van der Waals surface area (Å²) in [6.45, 7) is 17.4. The van der Waals surface area contributed by atoms with E-state index in [0.717, 1.165) is 36.0 Å². The van der Waals surface area contributed by atoms with Gasteiger partial charge in [-0.2, -0.15) is 0 Å². The van der Waals surface area contributed by atoms with E-state index in [1.807, 2.05) is 32.9 Å². The Morgan fingerprint density at radius 3 is 1.86 bits per heavy atom. The number of aryl methyl sites for hydroxylation is 3. The largest absolute Gasteiger partial charge is 0.465 e. The summed E-state index contributed by atoms with van der Waals surface area (Å²) in [6, 6.07) is 4.06. The number of carbonyl (C=O) groups excluding carboxylic acids is 2. The molecule has 0 fully saturated rings. The molecule has 0 N–H and O–H groups in total. The lowest BCUT2D eigenvalue weighted by Crippen LogP contribution is -2.30. The molecule has 1 rings (SSSR count). The van der Waals surface area contributed by atoms with Crippen molar-refractivity contribution < 1.29 is 18.9 Å². The molecular weight excluding hydrogens is 455 g/mol. The van der Waals surface area contributed by atoms with Gasteiger partial charge in [-0.1, -0.05) is 97.3 Å². The molecule has 0 saturated heterocycles. The molecule has 202 valence electrons. The van der Waals surface area contributed by atoms with Crippen LogP contribution >= 0.6 is 9.12 Å². The van der Waals surface area contributed by atoms with Crippen molar-refractivity contribution in [3.63, 3.8) is 0 Å². The standard InChI is InChI=1S/C30H50O3.H3OP/c1-9-10-11-12-13-14-15-16-17-33-29(32)26(20-23(3)21-30(6,7)8)28(31)27-24(4)18-22(2)19-25(27)5;1-2/h18-19,23,26H,9-17,20-21H2,1-8H3;2H3. The number of ether oxygens (including phenoxy) is 1. The van der Waals surface area contributed by atoms with Crippen molar-refractivity contribution in [2.75, 3.05) is 6.61 Å². The highest BCUT2D eigenvalue weighted by atomic mass is 31.0. The monoisotopic (exact) mass is 508 g/mol. The van der Waals surface area contributed by atoms with Crippen LogP contribution in [0.15, 0.2) is 12.1 Å². The second-order valence-corrected chi connectivity index (χ2v) is 11.4. The van der Waals surface area contributed by atoms with Crippen molar-refractivity contribution in [3.8, 4) is 0 Å². The first-order valence-corrected chi connectivity index (χ1v) is 14.1. The molecule has 4 nitrogen and oxygen atoms in total. The van der Waals surface area contributed by atoms with E-state index < -0.39 is 5.92 Å². The number of carbonyl (C=O) groups is 2. The van der Waals surface area contributed by atoms with Crippen LogP contribution in [0.3, 0.4) is 0 Å². The summed E-state index contributed by atoms with van der Waals surface area (Å²) in [7, 11) is 0.611. The normalized spacial score (nSPS) is 13.0. The van der Waals surface area contributed by atoms with Crippen LogP contribution in [-0.4, -0.2) is 18.4 Å². The number of rotatable bonds is 15. The second-order valence-electron chi connectivity index (χ2n) is 11.4. The smallest absolute Gasteiger partial charge is 0.316 e. The van der Waals surface area contributed by atoms with Gasteiger partial charge in [-0.3, -0.25) is 9.59 Å². The SMILES string of the molecule is CCCCCCCCCCOC(=O)C(CC(C)CC(C)(C)C)C(=O)c1c(C)cc(C)cc1C.O=[PH3]. The van der Waals surface area contributed by atoms with Gasteiger partial charge in [0, 0.05) is 5.56 Å². The number of benzene rings is 1. The van der Waals surface area contributed by atoms with Gasteiger partial charge < -0.3 is 9.30 Å². The van der Waals surface area contributed by atoms with Gasteiger partial charge in [0.1, 0.15) is 5.92 Å². The zero-order valence-electron chi connectivity index (χ0n) is 23.9. The van der Waals surface area contributed by atoms with E-state index in [1.165, 1.54) is 38.5 Å². The molecule has 0 spiro atoms. The topological polar surface area (TPSA) is 60.4 Å². The number of hydrogen-bond donors (Lipinski definition) is 0. The zero-order chi connectivity index (χ0) is 27.0. The Balaban J connectivity index is 0.00000562. The number of Topliss-reactive ketones (excluding diaryl/α,β-unsaturated/α-hetero) is 1. The summed E-state index contributed by atoms with van der Waals surface area (Å²) in [5, 5.41) is 0. The minimum Gasteiger partial charge on any atom is -0.465 e. The Bertz CT molecular complexity index is 743. The third-order valence-electron chi connectivity index (χ3n) is 6.37. The highest BCUT2D eigenvalue weighted by Gasteiger charge is 2.33. The van der Waals surface area contributed by atoms with Gasteiger partial charge in [-0.25, -0.2) is 0 Å². The highest BCUT2D eigenvalue weighted by Crippen LogP contribution is 2.31. The molecule has 0 saturated carbocycles. The van der Waals surface area contributed by atoms with Gasteiger partial charge >= 0.3 is 5.97 Å². The van der Waals surface area contributed by atoms with Gasteiger partial charge in [0.2, 0.25) is 0 Å². The molecule has 0 heterocycles. The minimum atomic E-state index is -0.725. The van der Waals surface area contributed by atoms with Crippen LogP contribution in [0.1, 0.15) is 126 Å². The molecule has 5 heteroatoms. The van der Waals surface area contributed by atoms with Crippen molar-refractivity contribution in [3.05, 3.63) is 34.4 Å². The molecule has 0 aliphatic heterocycles. The molecule has 0 amide bonds. The lowest BCUT2D eigenvalue weighted by molar-refractivity contribution is -0.147. The predicted octanol–water partition coefficient (Wildman–Crippen LogP) is 8.50. The number of unbranched alkanes of at least 4 members (excludes halogenated alkanes) is 7.